The number of anilines is 3. The lowest BCUT2D eigenvalue weighted by Gasteiger charge is -2.36. The van der Waals surface area contributed by atoms with Gasteiger partial charge in [-0.3, -0.25) is 9.59 Å². The Hall–Kier alpha value is -3.76. The Kier molecular flexibility index (Phi) is 8.78. The van der Waals surface area contributed by atoms with Crippen LogP contribution < -0.4 is 15.5 Å². The Morgan fingerprint density at radius 3 is 2.19 bits per heavy atom. The first-order valence-electron chi connectivity index (χ1n) is 11.7. The third-order valence-electron chi connectivity index (χ3n) is 5.80. The molecular weight excluding hydrogens is 475 g/mol. The molecule has 2 aromatic rings. The summed E-state index contributed by atoms with van der Waals surface area (Å²) < 4.78 is 38.7. The molecule has 2 N–H and O–H groups in total. The summed E-state index contributed by atoms with van der Waals surface area (Å²) in [5, 5.41) is 5.33. The predicted octanol–water partition coefficient (Wildman–Crippen LogP) is 4.26. The van der Waals surface area contributed by atoms with E-state index in [1.165, 1.54) is 24.0 Å². The molecule has 3 rings (SSSR count). The van der Waals surface area contributed by atoms with Crippen molar-refractivity contribution in [2.45, 2.75) is 26.4 Å². The van der Waals surface area contributed by atoms with Gasteiger partial charge in [0, 0.05) is 56.7 Å². The molecule has 0 bridgehead atoms. The van der Waals surface area contributed by atoms with Crippen LogP contribution in [0.4, 0.5) is 35.0 Å². The Balaban J connectivity index is 1.50. The molecule has 0 aliphatic carbocycles. The zero-order valence-corrected chi connectivity index (χ0v) is 20.3. The second-order valence-corrected chi connectivity index (χ2v) is 8.52. The maximum absolute atomic E-state index is 12.9. The fraction of sp³-hybridized carbons (Fsp3) is 0.400. The van der Waals surface area contributed by atoms with E-state index in [1.54, 1.807) is 17.0 Å². The van der Waals surface area contributed by atoms with Crippen LogP contribution in [0.5, 0.6) is 0 Å². The van der Waals surface area contributed by atoms with E-state index >= 15 is 0 Å². The van der Waals surface area contributed by atoms with Gasteiger partial charge in [-0.15, -0.1) is 0 Å². The molecule has 0 radical (unpaired) electrons. The van der Waals surface area contributed by atoms with Crippen molar-refractivity contribution in [1.82, 2.24) is 9.80 Å². The van der Waals surface area contributed by atoms with Crippen molar-refractivity contribution in [1.29, 1.82) is 0 Å². The lowest BCUT2D eigenvalue weighted by Crippen LogP contribution is -2.50. The minimum atomic E-state index is -4.48. The van der Waals surface area contributed by atoms with E-state index in [-0.39, 0.29) is 24.0 Å². The average molecular weight is 506 g/mol. The van der Waals surface area contributed by atoms with E-state index in [9.17, 15) is 27.6 Å². The monoisotopic (exact) mass is 505 g/mol. The number of hydrogen-bond donors (Lipinski definition) is 2. The van der Waals surface area contributed by atoms with Gasteiger partial charge >= 0.3 is 12.2 Å². The van der Waals surface area contributed by atoms with Crippen LogP contribution in [0.2, 0.25) is 0 Å². The predicted molar refractivity (Wildman–Crippen MR) is 132 cm³/mol. The van der Waals surface area contributed by atoms with Gasteiger partial charge in [0.25, 0.3) is 0 Å². The highest BCUT2D eigenvalue weighted by Crippen LogP contribution is 2.30. The summed E-state index contributed by atoms with van der Waals surface area (Å²) in [5.41, 5.74) is 0.808. The Morgan fingerprint density at radius 2 is 1.61 bits per heavy atom. The molecule has 1 fully saturated rings. The summed E-state index contributed by atoms with van der Waals surface area (Å²) in [7, 11) is 0. The minimum absolute atomic E-state index is 0.00452. The number of benzene rings is 2. The molecule has 8 nitrogen and oxygen atoms in total. The molecule has 0 spiro atoms. The van der Waals surface area contributed by atoms with Gasteiger partial charge in [0.2, 0.25) is 11.8 Å². The van der Waals surface area contributed by atoms with Crippen LogP contribution in [-0.2, 0) is 15.8 Å². The normalized spacial score (nSPS) is 13.8. The molecule has 1 aliphatic rings. The Morgan fingerprint density at radius 1 is 0.944 bits per heavy atom. The van der Waals surface area contributed by atoms with Crippen molar-refractivity contribution in [2.24, 2.45) is 0 Å². The molecule has 1 saturated heterocycles. The van der Waals surface area contributed by atoms with Crippen molar-refractivity contribution >= 4 is 34.9 Å². The van der Waals surface area contributed by atoms with Crippen LogP contribution in [0.15, 0.2) is 48.5 Å². The maximum Gasteiger partial charge on any atom is 0.416 e. The molecule has 11 heteroatoms. The van der Waals surface area contributed by atoms with Crippen LogP contribution in [-0.4, -0.2) is 66.9 Å². The number of hydrogen-bond acceptors (Lipinski definition) is 4. The molecule has 1 aliphatic heterocycles. The first kappa shape index (κ1) is 26.8. The second kappa shape index (κ2) is 11.8. The van der Waals surface area contributed by atoms with E-state index in [0.717, 1.165) is 24.2 Å². The van der Waals surface area contributed by atoms with Gasteiger partial charge in [0.1, 0.15) is 0 Å². The molecular formula is C25H30F3N5O3. The number of urea groups is 1. The van der Waals surface area contributed by atoms with Crippen LogP contribution in [0, 0.1) is 0 Å². The highest BCUT2D eigenvalue weighted by Gasteiger charge is 2.30. The summed E-state index contributed by atoms with van der Waals surface area (Å²) in [6.07, 6.45) is -3.71. The van der Waals surface area contributed by atoms with Crippen LogP contribution in [0.3, 0.4) is 0 Å². The molecule has 4 amide bonds. The zero-order valence-electron chi connectivity index (χ0n) is 20.3. The number of nitrogens with one attached hydrogen (secondary N) is 2. The number of carbonyl (C=O) groups excluding carboxylic acids is 3. The van der Waals surface area contributed by atoms with E-state index in [0.29, 0.717) is 38.4 Å². The molecule has 0 saturated carbocycles. The van der Waals surface area contributed by atoms with Crippen molar-refractivity contribution in [3.8, 4) is 0 Å². The number of carbonyl (C=O) groups is 3. The Bertz CT molecular complexity index is 1070. The highest BCUT2D eigenvalue weighted by molar-refractivity contribution is 5.94. The third kappa shape index (κ3) is 7.37. The van der Waals surface area contributed by atoms with Crippen molar-refractivity contribution in [3.63, 3.8) is 0 Å². The van der Waals surface area contributed by atoms with Crippen LogP contribution in [0.1, 0.15) is 25.8 Å². The van der Waals surface area contributed by atoms with Crippen molar-refractivity contribution in [3.05, 3.63) is 54.1 Å². The summed E-state index contributed by atoms with van der Waals surface area (Å²) in [5.74, 6) is -0.420. The summed E-state index contributed by atoms with van der Waals surface area (Å²) in [4.78, 5) is 41.6. The van der Waals surface area contributed by atoms with Crippen molar-refractivity contribution < 1.29 is 27.6 Å². The van der Waals surface area contributed by atoms with Gasteiger partial charge < -0.3 is 25.3 Å². The SMILES string of the molecule is CCCN(CC(=O)Nc1ccc(N2CCN(C(=O)Nc3cccc(C(F)(F)F)c3)CC2)cc1)C(C)=O. The van der Waals surface area contributed by atoms with E-state index in [2.05, 4.69) is 15.5 Å². The van der Waals surface area contributed by atoms with E-state index in [1.807, 2.05) is 19.1 Å². The lowest BCUT2D eigenvalue weighted by molar-refractivity contribution is -0.137. The Labute approximate surface area is 208 Å². The van der Waals surface area contributed by atoms with E-state index < -0.39 is 17.8 Å². The zero-order chi connectivity index (χ0) is 26.3. The highest BCUT2D eigenvalue weighted by atomic mass is 19.4. The number of amides is 4. The largest absolute Gasteiger partial charge is 0.416 e. The first-order chi connectivity index (χ1) is 17.1. The summed E-state index contributed by atoms with van der Waals surface area (Å²) in [6.45, 7) is 5.80. The number of halogens is 3. The molecule has 1 heterocycles. The van der Waals surface area contributed by atoms with Gasteiger partial charge in [-0.2, -0.15) is 13.2 Å². The number of rotatable bonds is 7. The average Bonchev–Trinajstić information content (AvgIpc) is 2.84. The topological polar surface area (TPSA) is 85.0 Å². The number of alkyl halides is 3. The molecule has 0 atom stereocenters. The third-order valence-corrected chi connectivity index (χ3v) is 5.80. The van der Waals surface area contributed by atoms with Gasteiger partial charge in [-0.05, 0) is 48.9 Å². The number of nitrogens with zero attached hydrogens (tertiary/aromatic N) is 3. The lowest BCUT2D eigenvalue weighted by atomic mass is 10.2. The molecule has 36 heavy (non-hydrogen) atoms. The number of piperazine rings is 1. The molecule has 0 unspecified atom stereocenters. The summed E-state index contributed by atoms with van der Waals surface area (Å²) >= 11 is 0. The fourth-order valence-electron chi connectivity index (χ4n) is 3.89. The van der Waals surface area contributed by atoms with Crippen LogP contribution >= 0.6 is 0 Å². The minimum Gasteiger partial charge on any atom is -0.368 e. The standard InChI is InChI=1S/C25H30F3N5O3/c1-3-11-33(18(2)34)17-23(35)29-20-7-9-22(10-8-20)31-12-14-32(15-13-31)24(36)30-21-6-4-5-19(16-21)25(26,27)28/h4-10,16H,3,11-15,17H2,1-2H3,(H,29,35)(H,30,36). The molecule has 194 valence electrons. The van der Waals surface area contributed by atoms with Gasteiger partial charge in [-0.1, -0.05) is 13.0 Å². The van der Waals surface area contributed by atoms with E-state index in [4.69, 9.17) is 0 Å². The fourth-order valence-corrected chi connectivity index (χ4v) is 3.89. The van der Waals surface area contributed by atoms with Crippen molar-refractivity contribution in [2.75, 3.05) is 54.8 Å². The quantitative estimate of drug-likeness (QED) is 0.589. The van der Waals surface area contributed by atoms with Gasteiger partial charge in [0.15, 0.2) is 0 Å². The first-order valence-corrected chi connectivity index (χ1v) is 11.7. The van der Waals surface area contributed by atoms with Gasteiger partial charge in [0.05, 0.1) is 12.1 Å². The molecule has 2 aromatic carbocycles. The maximum atomic E-state index is 12.9. The smallest absolute Gasteiger partial charge is 0.368 e. The summed E-state index contributed by atoms with van der Waals surface area (Å²) in [6, 6.07) is 11.4. The van der Waals surface area contributed by atoms with Crippen LogP contribution in [0.25, 0.3) is 0 Å². The van der Waals surface area contributed by atoms with Gasteiger partial charge in [-0.25, -0.2) is 4.79 Å². The second-order valence-electron chi connectivity index (χ2n) is 8.52. The molecule has 0 aromatic heterocycles.